The smallest absolute Gasteiger partial charge is 0.337 e. The van der Waals surface area contributed by atoms with Crippen LogP contribution < -0.4 is 10.2 Å². The number of urea groups is 1. The van der Waals surface area contributed by atoms with Crippen molar-refractivity contribution in [3.8, 4) is 0 Å². The average molecular weight is 350 g/mol. The highest BCUT2D eigenvalue weighted by molar-refractivity contribution is 6.39. The molecule has 0 unspecified atom stereocenters. The van der Waals surface area contributed by atoms with Crippen LogP contribution in [-0.4, -0.2) is 30.9 Å². The Balaban J connectivity index is 1.95. The van der Waals surface area contributed by atoms with E-state index in [1.165, 1.54) is 37.5 Å². The standard InChI is InChI=1S/C19H14N2O5/c1-26-18(24)13-7-9-14(10-8-13)21-17(23)15(16(22)20-19(21)25)11-12-5-3-2-4-6-12/h2-11H,1H3,(H,20,22,25)/b15-11-. The molecule has 1 fully saturated rings. The predicted octanol–water partition coefficient (Wildman–Crippen LogP) is 2.14. The lowest BCUT2D eigenvalue weighted by molar-refractivity contribution is -0.122. The molecule has 4 amide bonds. The summed E-state index contributed by atoms with van der Waals surface area (Å²) in [6.07, 6.45) is 1.42. The predicted molar refractivity (Wildman–Crippen MR) is 93.2 cm³/mol. The van der Waals surface area contributed by atoms with Crippen LogP contribution in [-0.2, 0) is 14.3 Å². The number of benzene rings is 2. The number of rotatable bonds is 3. The van der Waals surface area contributed by atoms with Crippen LogP contribution in [0.4, 0.5) is 10.5 Å². The lowest BCUT2D eigenvalue weighted by atomic mass is 10.1. The van der Waals surface area contributed by atoms with Crippen LogP contribution in [0.2, 0.25) is 0 Å². The van der Waals surface area contributed by atoms with Crippen LogP contribution in [0.5, 0.6) is 0 Å². The molecule has 7 heteroatoms. The van der Waals surface area contributed by atoms with Gasteiger partial charge in [-0.3, -0.25) is 14.9 Å². The summed E-state index contributed by atoms with van der Waals surface area (Å²) < 4.78 is 4.61. The van der Waals surface area contributed by atoms with E-state index in [2.05, 4.69) is 10.1 Å². The molecule has 1 saturated heterocycles. The fourth-order valence-corrected chi connectivity index (χ4v) is 2.47. The minimum Gasteiger partial charge on any atom is -0.465 e. The van der Waals surface area contributed by atoms with E-state index < -0.39 is 23.8 Å². The van der Waals surface area contributed by atoms with Crippen LogP contribution in [0.3, 0.4) is 0 Å². The van der Waals surface area contributed by atoms with Gasteiger partial charge >= 0.3 is 12.0 Å². The van der Waals surface area contributed by atoms with Gasteiger partial charge in [0.25, 0.3) is 11.8 Å². The molecule has 0 spiro atoms. The molecule has 0 saturated carbocycles. The number of barbiturate groups is 1. The fourth-order valence-electron chi connectivity index (χ4n) is 2.47. The van der Waals surface area contributed by atoms with Gasteiger partial charge in [-0.1, -0.05) is 30.3 Å². The van der Waals surface area contributed by atoms with Crippen molar-refractivity contribution in [3.63, 3.8) is 0 Å². The van der Waals surface area contributed by atoms with E-state index in [1.54, 1.807) is 24.3 Å². The summed E-state index contributed by atoms with van der Waals surface area (Å²) >= 11 is 0. The maximum absolute atomic E-state index is 12.7. The highest BCUT2D eigenvalue weighted by Crippen LogP contribution is 2.22. The zero-order chi connectivity index (χ0) is 18.7. The number of anilines is 1. The largest absolute Gasteiger partial charge is 0.465 e. The first-order valence-corrected chi connectivity index (χ1v) is 7.66. The Morgan fingerprint density at radius 1 is 1.00 bits per heavy atom. The van der Waals surface area contributed by atoms with Crippen LogP contribution >= 0.6 is 0 Å². The highest BCUT2D eigenvalue weighted by atomic mass is 16.5. The summed E-state index contributed by atoms with van der Waals surface area (Å²) in [5.74, 6) is -2.04. The first-order chi connectivity index (χ1) is 12.5. The van der Waals surface area contributed by atoms with E-state index in [9.17, 15) is 19.2 Å². The number of nitrogens with one attached hydrogen (secondary N) is 1. The Labute approximate surface area is 148 Å². The van der Waals surface area contributed by atoms with Crippen molar-refractivity contribution in [2.75, 3.05) is 12.0 Å². The number of imide groups is 2. The summed E-state index contributed by atoms with van der Waals surface area (Å²) in [5, 5.41) is 2.14. The lowest BCUT2D eigenvalue weighted by Gasteiger charge is -2.26. The molecule has 7 nitrogen and oxygen atoms in total. The molecule has 2 aromatic carbocycles. The van der Waals surface area contributed by atoms with Crippen molar-refractivity contribution in [3.05, 3.63) is 71.3 Å². The molecule has 130 valence electrons. The Kier molecular flexibility index (Phi) is 4.62. The molecule has 26 heavy (non-hydrogen) atoms. The molecule has 0 radical (unpaired) electrons. The number of methoxy groups -OCH3 is 1. The van der Waals surface area contributed by atoms with Crippen LogP contribution in [0.15, 0.2) is 60.2 Å². The van der Waals surface area contributed by atoms with Gasteiger partial charge in [-0.15, -0.1) is 0 Å². The number of amides is 4. The molecule has 1 N–H and O–H groups in total. The molecular weight excluding hydrogens is 336 g/mol. The van der Waals surface area contributed by atoms with Crippen LogP contribution in [0.25, 0.3) is 6.08 Å². The maximum Gasteiger partial charge on any atom is 0.337 e. The molecule has 3 rings (SSSR count). The van der Waals surface area contributed by atoms with Crippen molar-refractivity contribution >= 4 is 35.6 Å². The Hall–Kier alpha value is -3.74. The monoisotopic (exact) mass is 350 g/mol. The average Bonchev–Trinajstić information content (AvgIpc) is 2.66. The topological polar surface area (TPSA) is 92.8 Å². The van der Waals surface area contributed by atoms with E-state index in [4.69, 9.17) is 0 Å². The summed E-state index contributed by atoms with van der Waals surface area (Å²) in [6.45, 7) is 0. The van der Waals surface area contributed by atoms with E-state index in [0.29, 0.717) is 5.56 Å². The number of esters is 1. The third-order valence-electron chi connectivity index (χ3n) is 3.76. The molecule has 2 aromatic rings. The molecule has 0 aromatic heterocycles. The minimum absolute atomic E-state index is 0.159. The van der Waals surface area contributed by atoms with Gasteiger partial charge in [0.1, 0.15) is 5.57 Å². The van der Waals surface area contributed by atoms with Gasteiger partial charge in [-0.2, -0.15) is 0 Å². The third-order valence-corrected chi connectivity index (χ3v) is 3.76. The summed E-state index contributed by atoms with van der Waals surface area (Å²) in [5.41, 5.74) is 0.998. The van der Waals surface area contributed by atoms with Crippen LogP contribution in [0.1, 0.15) is 15.9 Å². The highest BCUT2D eigenvalue weighted by Gasteiger charge is 2.36. The van der Waals surface area contributed by atoms with Gasteiger partial charge in [-0.25, -0.2) is 14.5 Å². The van der Waals surface area contributed by atoms with Crippen molar-refractivity contribution in [1.29, 1.82) is 0 Å². The van der Waals surface area contributed by atoms with Gasteiger partial charge in [0, 0.05) is 0 Å². The summed E-state index contributed by atoms with van der Waals surface area (Å²) in [4.78, 5) is 49.3. The molecule has 0 atom stereocenters. The first kappa shape index (κ1) is 17.1. The second kappa shape index (κ2) is 7.02. The van der Waals surface area contributed by atoms with Crippen molar-refractivity contribution in [1.82, 2.24) is 5.32 Å². The summed E-state index contributed by atoms with van der Waals surface area (Å²) in [6, 6.07) is 13.7. The fraction of sp³-hybridized carbons (Fsp3) is 0.0526. The van der Waals surface area contributed by atoms with E-state index in [1.807, 2.05) is 6.07 Å². The van der Waals surface area contributed by atoms with Gasteiger partial charge in [-0.05, 0) is 35.9 Å². The van der Waals surface area contributed by atoms with E-state index in [0.717, 1.165) is 4.90 Å². The maximum atomic E-state index is 12.7. The number of carbonyl (C=O) groups is 4. The second-order valence-corrected chi connectivity index (χ2v) is 5.41. The summed E-state index contributed by atoms with van der Waals surface area (Å²) in [7, 11) is 1.25. The van der Waals surface area contributed by atoms with E-state index in [-0.39, 0.29) is 16.8 Å². The molecule has 1 aliphatic rings. The first-order valence-electron chi connectivity index (χ1n) is 7.66. The Morgan fingerprint density at radius 3 is 2.27 bits per heavy atom. The number of ether oxygens (including phenoxy) is 1. The Morgan fingerprint density at radius 2 is 1.65 bits per heavy atom. The molecule has 1 aliphatic heterocycles. The molecule has 0 bridgehead atoms. The lowest BCUT2D eigenvalue weighted by Crippen LogP contribution is -2.54. The zero-order valence-corrected chi connectivity index (χ0v) is 13.8. The Bertz CT molecular complexity index is 917. The van der Waals surface area contributed by atoms with Gasteiger partial charge in [0.15, 0.2) is 0 Å². The second-order valence-electron chi connectivity index (χ2n) is 5.41. The molecule has 1 heterocycles. The molecular formula is C19H14N2O5. The number of hydrogen-bond acceptors (Lipinski definition) is 5. The number of nitrogens with zero attached hydrogens (tertiary/aromatic N) is 1. The van der Waals surface area contributed by atoms with Crippen molar-refractivity contribution in [2.24, 2.45) is 0 Å². The van der Waals surface area contributed by atoms with Crippen molar-refractivity contribution in [2.45, 2.75) is 0 Å². The van der Waals surface area contributed by atoms with E-state index >= 15 is 0 Å². The number of hydrogen-bond donors (Lipinski definition) is 1. The normalized spacial score (nSPS) is 15.8. The minimum atomic E-state index is -0.851. The third kappa shape index (κ3) is 3.23. The molecule has 0 aliphatic carbocycles. The van der Waals surface area contributed by atoms with Gasteiger partial charge in [0.2, 0.25) is 0 Å². The van der Waals surface area contributed by atoms with Gasteiger partial charge < -0.3 is 4.74 Å². The SMILES string of the molecule is COC(=O)c1ccc(N2C(=O)NC(=O)/C(=C/c3ccccc3)C2=O)cc1. The zero-order valence-electron chi connectivity index (χ0n) is 13.8. The van der Waals surface area contributed by atoms with Gasteiger partial charge in [0.05, 0.1) is 18.4 Å². The van der Waals surface area contributed by atoms with Crippen molar-refractivity contribution < 1.29 is 23.9 Å². The van der Waals surface area contributed by atoms with Crippen LogP contribution in [0, 0.1) is 0 Å². The quantitative estimate of drug-likeness (QED) is 0.520. The number of carbonyl (C=O) groups excluding carboxylic acids is 4.